The maximum Gasteiger partial charge on any atom is 0.334 e. The Morgan fingerprint density at radius 3 is 2.73 bits per heavy atom. The zero-order valence-electron chi connectivity index (χ0n) is 13.6. The summed E-state index contributed by atoms with van der Waals surface area (Å²) >= 11 is 0. The Labute approximate surface area is 131 Å². The average molecular weight is 310 g/mol. The first kappa shape index (κ1) is 17.0. The molecule has 1 amide bonds. The van der Waals surface area contributed by atoms with Gasteiger partial charge in [0.1, 0.15) is 6.10 Å². The maximum absolute atomic E-state index is 12.0. The highest BCUT2D eigenvalue weighted by Gasteiger charge is 2.42. The van der Waals surface area contributed by atoms with E-state index in [0.717, 1.165) is 18.4 Å². The highest BCUT2D eigenvalue weighted by molar-refractivity contribution is 5.91. The van der Waals surface area contributed by atoms with Crippen molar-refractivity contribution in [2.75, 3.05) is 6.61 Å². The van der Waals surface area contributed by atoms with Gasteiger partial charge in [-0.2, -0.15) is 0 Å². The fraction of sp³-hybridized carbons (Fsp3) is 0.750. The van der Waals surface area contributed by atoms with Crippen LogP contribution in [0.5, 0.6) is 0 Å². The molecule has 2 aliphatic rings. The molecule has 0 saturated carbocycles. The molecule has 1 heterocycles. The number of nitrogens with one attached hydrogen (secondary N) is 1. The summed E-state index contributed by atoms with van der Waals surface area (Å²) in [6.07, 6.45) is 2.56. The van der Waals surface area contributed by atoms with E-state index in [1.165, 1.54) is 6.92 Å². The molecule has 3 N–H and O–H groups in total. The number of amides is 1. The molecule has 0 aromatic rings. The van der Waals surface area contributed by atoms with Crippen molar-refractivity contribution in [1.29, 1.82) is 0 Å². The van der Waals surface area contributed by atoms with Crippen LogP contribution in [0.4, 0.5) is 0 Å². The van der Waals surface area contributed by atoms with E-state index < -0.39 is 0 Å². The summed E-state index contributed by atoms with van der Waals surface area (Å²) in [6.45, 7) is 5.96. The van der Waals surface area contributed by atoms with E-state index in [1.54, 1.807) is 0 Å². The Hall–Kier alpha value is -1.40. The van der Waals surface area contributed by atoms with E-state index in [0.29, 0.717) is 25.0 Å². The Bertz CT molecular complexity index is 471. The predicted molar refractivity (Wildman–Crippen MR) is 82.0 cm³/mol. The van der Waals surface area contributed by atoms with Crippen molar-refractivity contribution in [3.05, 3.63) is 11.1 Å². The van der Waals surface area contributed by atoms with Crippen LogP contribution in [0.1, 0.15) is 46.5 Å². The van der Waals surface area contributed by atoms with Crippen LogP contribution in [0, 0.1) is 0 Å². The molecule has 6 heteroatoms. The Balaban J connectivity index is 2.34. The lowest BCUT2D eigenvalue weighted by molar-refractivity contribution is -0.141. The minimum atomic E-state index is -0.354. The molecule has 2 rings (SSSR count). The molecule has 3 atom stereocenters. The number of hydrogen-bond donors (Lipinski definition) is 2. The molecule has 0 spiro atoms. The lowest BCUT2D eigenvalue weighted by Gasteiger charge is -2.41. The largest absolute Gasteiger partial charge is 0.462 e. The van der Waals surface area contributed by atoms with E-state index in [2.05, 4.69) is 19.2 Å². The molecule has 0 bridgehead atoms. The van der Waals surface area contributed by atoms with Gasteiger partial charge in [-0.1, -0.05) is 13.8 Å². The highest BCUT2D eigenvalue weighted by Crippen LogP contribution is 2.34. The zero-order chi connectivity index (χ0) is 16.3. The van der Waals surface area contributed by atoms with Gasteiger partial charge >= 0.3 is 5.97 Å². The van der Waals surface area contributed by atoms with E-state index in [9.17, 15) is 9.59 Å². The Kier molecular flexibility index (Phi) is 5.58. The smallest absolute Gasteiger partial charge is 0.334 e. The number of hydrogen-bond acceptors (Lipinski definition) is 5. The summed E-state index contributed by atoms with van der Waals surface area (Å²) in [5.41, 5.74) is 7.79. The molecule has 1 aliphatic carbocycles. The molecule has 6 nitrogen and oxygen atoms in total. The van der Waals surface area contributed by atoms with E-state index in [1.807, 2.05) is 0 Å². The summed E-state index contributed by atoms with van der Waals surface area (Å²) in [5, 5.41) is 2.91. The van der Waals surface area contributed by atoms with Crippen LogP contribution in [-0.4, -0.2) is 42.8 Å². The zero-order valence-corrected chi connectivity index (χ0v) is 13.6. The monoisotopic (exact) mass is 310 g/mol. The summed E-state index contributed by atoms with van der Waals surface area (Å²) in [6, 6.07) is -0.657. The van der Waals surface area contributed by atoms with Gasteiger partial charge in [-0.05, 0) is 24.8 Å². The first-order chi connectivity index (χ1) is 10.5. The summed E-state index contributed by atoms with van der Waals surface area (Å²) in [4.78, 5) is 23.5. The first-order valence-electron chi connectivity index (χ1n) is 8.05. The first-order valence-corrected chi connectivity index (χ1v) is 8.05. The molecule has 0 fully saturated rings. The number of esters is 1. The number of carbonyl (C=O) groups is 2. The fourth-order valence-corrected chi connectivity index (χ4v) is 3.23. The van der Waals surface area contributed by atoms with Gasteiger partial charge in [-0.3, -0.25) is 4.79 Å². The number of cyclic esters (lactones) is 1. The summed E-state index contributed by atoms with van der Waals surface area (Å²) < 4.78 is 11.4. The minimum Gasteiger partial charge on any atom is -0.462 e. The van der Waals surface area contributed by atoms with E-state index >= 15 is 0 Å². The van der Waals surface area contributed by atoms with Crippen molar-refractivity contribution in [2.45, 2.75) is 70.7 Å². The van der Waals surface area contributed by atoms with Gasteiger partial charge < -0.3 is 20.5 Å². The topological polar surface area (TPSA) is 90.6 Å². The van der Waals surface area contributed by atoms with Crippen LogP contribution in [0.2, 0.25) is 0 Å². The molecule has 0 radical (unpaired) electrons. The van der Waals surface area contributed by atoms with Crippen molar-refractivity contribution in [2.24, 2.45) is 5.73 Å². The lowest BCUT2D eigenvalue weighted by Crippen LogP contribution is -2.59. The van der Waals surface area contributed by atoms with Crippen molar-refractivity contribution in [3.63, 3.8) is 0 Å². The number of nitrogens with two attached hydrogens (primary N) is 1. The maximum atomic E-state index is 12.0. The van der Waals surface area contributed by atoms with Gasteiger partial charge in [0.15, 0.2) is 0 Å². The minimum absolute atomic E-state index is 0.0817. The average Bonchev–Trinajstić information content (AvgIpc) is 2.48. The van der Waals surface area contributed by atoms with Crippen LogP contribution in [0.15, 0.2) is 11.1 Å². The normalized spacial score (nSPS) is 28.4. The van der Waals surface area contributed by atoms with Gasteiger partial charge in [-0.15, -0.1) is 0 Å². The second-order valence-corrected chi connectivity index (χ2v) is 5.98. The second kappa shape index (κ2) is 7.24. The third-order valence-electron chi connectivity index (χ3n) is 4.43. The van der Waals surface area contributed by atoms with Crippen LogP contribution in [-0.2, 0) is 19.1 Å². The van der Waals surface area contributed by atoms with Gasteiger partial charge in [0.05, 0.1) is 18.8 Å². The fourth-order valence-electron chi connectivity index (χ4n) is 3.23. The SMILES string of the molecule is CCC(CC)O[C@@H]1C2=C(C[C@H](N)[C@H]1NC(C)=O)C(=O)OCC2. The van der Waals surface area contributed by atoms with Crippen molar-refractivity contribution in [3.8, 4) is 0 Å². The van der Waals surface area contributed by atoms with Crippen LogP contribution < -0.4 is 11.1 Å². The molecular weight excluding hydrogens is 284 g/mol. The number of rotatable bonds is 5. The molecule has 0 aromatic heterocycles. The third-order valence-corrected chi connectivity index (χ3v) is 4.43. The second-order valence-electron chi connectivity index (χ2n) is 5.98. The van der Waals surface area contributed by atoms with Gasteiger partial charge in [-0.25, -0.2) is 4.79 Å². The highest BCUT2D eigenvalue weighted by atomic mass is 16.5. The molecule has 1 aliphatic heterocycles. The molecule has 22 heavy (non-hydrogen) atoms. The predicted octanol–water partition coefficient (Wildman–Crippen LogP) is 1.04. The van der Waals surface area contributed by atoms with Crippen molar-refractivity contribution >= 4 is 11.9 Å². The standard InChI is InChI=1S/C16H26N2O4/c1-4-10(5-2)22-15-11-6-7-21-16(20)12(11)8-13(17)14(15)18-9(3)19/h10,13-15H,4-8,17H2,1-3H3,(H,18,19)/t13-,14+,15+/m0/s1. The van der Waals surface area contributed by atoms with E-state index in [4.69, 9.17) is 15.2 Å². The lowest BCUT2D eigenvalue weighted by atomic mass is 9.80. The van der Waals surface area contributed by atoms with Crippen LogP contribution >= 0.6 is 0 Å². The van der Waals surface area contributed by atoms with Crippen LogP contribution in [0.25, 0.3) is 0 Å². The van der Waals surface area contributed by atoms with E-state index in [-0.39, 0.29) is 36.2 Å². The third kappa shape index (κ3) is 3.50. The molecule has 124 valence electrons. The van der Waals surface area contributed by atoms with Gasteiger partial charge in [0, 0.05) is 25.0 Å². The summed E-state index contributed by atoms with van der Waals surface area (Å²) in [5.74, 6) is -0.433. The van der Waals surface area contributed by atoms with Crippen LogP contribution in [0.3, 0.4) is 0 Å². The van der Waals surface area contributed by atoms with Gasteiger partial charge in [0.2, 0.25) is 5.91 Å². The molecular formula is C16H26N2O4. The quantitative estimate of drug-likeness (QED) is 0.740. The summed E-state index contributed by atoms with van der Waals surface area (Å²) in [7, 11) is 0. The van der Waals surface area contributed by atoms with Crippen molar-refractivity contribution in [1.82, 2.24) is 5.32 Å². The van der Waals surface area contributed by atoms with Gasteiger partial charge in [0.25, 0.3) is 0 Å². The van der Waals surface area contributed by atoms with Crippen molar-refractivity contribution < 1.29 is 19.1 Å². The molecule has 0 saturated heterocycles. The molecule has 0 unspecified atom stereocenters. The number of carbonyl (C=O) groups excluding carboxylic acids is 2. The Morgan fingerprint density at radius 2 is 2.14 bits per heavy atom. The number of ether oxygens (including phenoxy) is 2. The molecule has 0 aromatic carbocycles. The Morgan fingerprint density at radius 1 is 1.45 bits per heavy atom.